The van der Waals surface area contributed by atoms with E-state index in [0.29, 0.717) is 11.4 Å². The third-order valence-corrected chi connectivity index (χ3v) is 5.69. The van der Waals surface area contributed by atoms with Gasteiger partial charge in [0.2, 0.25) is 0 Å². The van der Waals surface area contributed by atoms with E-state index >= 15 is 0 Å². The van der Waals surface area contributed by atoms with Gasteiger partial charge in [-0.15, -0.1) is 16.9 Å². The van der Waals surface area contributed by atoms with Crippen LogP contribution in [0.1, 0.15) is 11.1 Å². The van der Waals surface area contributed by atoms with Gasteiger partial charge in [0.15, 0.2) is 0 Å². The number of alkyl halides is 3. The van der Waals surface area contributed by atoms with Gasteiger partial charge in [0, 0.05) is 16.7 Å². The van der Waals surface area contributed by atoms with Gasteiger partial charge in [0.05, 0.1) is 18.4 Å². The molecule has 0 unspecified atom stereocenters. The summed E-state index contributed by atoms with van der Waals surface area (Å²) in [5.74, 6) is 1.47. The van der Waals surface area contributed by atoms with Crippen molar-refractivity contribution < 1.29 is 17.9 Å². The molecule has 0 aliphatic heterocycles. The monoisotopic (exact) mass is 441 g/mol. The molecule has 4 aromatic rings. The normalized spacial score (nSPS) is 12.0. The second kappa shape index (κ2) is 8.85. The highest BCUT2D eigenvalue weighted by Gasteiger charge is 2.30. The molecule has 0 aliphatic rings. The summed E-state index contributed by atoms with van der Waals surface area (Å²) >= 11 is 1.55. The number of H-pyrrole nitrogens is 1. The molecule has 0 fully saturated rings. The number of rotatable bonds is 6. The number of aromatic amines is 1. The molecule has 0 radical (unpaired) electrons. The van der Waals surface area contributed by atoms with Crippen molar-refractivity contribution in [3.05, 3.63) is 83.9 Å². The average molecular weight is 441 g/mol. The summed E-state index contributed by atoms with van der Waals surface area (Å²) in [6.07, 6.45) is -4.42. The van der Waals surface area contributed by atoms with Gasteiger partial charge in [-0.1, -0.05) is 36.4 Å². The Bertz CT molecular complexity index is 1220. The van der Waals surface area contributed by atoms with E-state index in [2.05, 4.69) is 15.2 Å². The van der Waals surface area contributed by atoms with E-state index in [4.69, 9.17) is 4.74 Å². The minimum absolute atomic E-state index is 0.145. The largest absolute Gasteiger partial charge is 0.497 e. The minimum atomic E-state index is -4.42. The van der Waals surface area contributed by atoms with Crippen LogP contribution in [0.3, 0.4) is 0 Å². The molecule has 3 aromatic carbocycles. The second-order valence-corrected chi connectivity index (χ2v) is 7.72. The van der Waals surface area contributed by atoms with E-state index in [0.717, 1.165) is 39.4 Å². The predicted octanol–water partition coefficient (Wildman–Crippen LogP) is 7.90. The van der Waals surface area contributed by atoms with E-state index in [-0.39, 0.29) is 5.69 Å². The third kappa shape index (κ3) is 4.91. The molecule has 4 nitrogen and oxygen atoms in total. The number of halogens is 3. The Balaban J connectivity index is 1.62. The van der Waals surface area contributed by atoms with Crippen molar-refractivity contribution in [1.29, 1.82) is 0 Å². The lowest BCUT2D eigenvalue weighted by Crippen LogP contribution is -2.03. The summed E-state index contributed by atoms with van der Waals surface area (Å²) in [7, 11) is 1.62. The molecule has 158 valence electrons. The van der Waals surface area contributed by atoms with E-state index < -0.39 is 11.7 Å². The number of ether oxygens (including phenoxy) is 1. The summed E-state index contributed by atoms with van der Waals surface area (Å²) in [5, 5.41) is 10.1. The summed E-state index contributed by atoms with van der Waals surface area (Å²) in [6, 6.07) is 20.2. The fourth-order valence-electron chi connectivity index (χ4n) is 3.04. The minimum Gasteiger partial charge on any atom is -0.497 e. The number of nitrogens with one attached hydrogen (secondary N) is 1. The van der Waals surface area contributed by atoms with Gasteiger partial charge in [-0.2, -0.15) is 18.3 Å². The molecule has 0 aliphatic carbocycles. The lowest BCUT2D eigenvalue weighted by Gasteiger charge is -2.06. The maximum atomic E-state index is 13.0. The second-order valence-electron chi connectivity index (χ2n) is 6.73. The lowest BCUT2D eigenvalue weighted by molar-refractivity contribution is -0.137. The van der Waals surface area contributed by atoms with Gasteiger partial charge in [0.1, 0.15) is 16.5 Å². The molecule has 8 heteroatoms. The molecular formula is C23H18F3N3OS. The number of benzene rings is 3. The van der Waals surface area contributed by atoms with Crippen molar-refractivity contribution in [3.8, 4) is 5.75 Å². The fraction of sp³-hybridized carbons (Fsp3) is 0.130. The van der Waals surface area contributed by atoms with Crippen molar-refractivity contribution in [2.24, 2.45) is 10.2 Å². The van der Waals surface area contributed by atoms with Gasteiger partial charge < -0.3 is 9.72 Å². The van der Waals surface area contributed by atoms with Gasteiger partial charge in [-0.3, -0.25) is 0 Å². The summed E-state index contributed by atoms with van der Waals surface area (Å²) < 4.78 is 44.1. The number of nitrogens with zero attached hydrogens (tertiary/aromatic N) is 2. The van der Waals surface area contributed by atoms with Crippen molar-refractivity contribution in [3.63, 3.8) is 0 Å². The molecule has 4 rings (SSSR count). The molecule has 1 heterocycles. The molecule has 0 amide bonds. The molecule has 1 N–H and O–H groups in total. The fourth-order valence-corrected chi connectivity index (χ4v) is 4.01. The van der Waals surface area contributed by atoms with Gasteiger partial charge in [-0.25, -0.2) is 0 Å². The first kappa shape index (κ1) is 21.0. The van der Waals surface area contributed by atoms with E-state index in [1.807, 2.05) is 48.5 Å². The van der Waals surface area contributed by atoms with Crippen molar-refractivity contribution >= 4 is 34.0 Å². The molecule has 1 aromatic heterocycles. The van der Waals surface area contributed by atoms with Gasteiger partial charge in [0.25, 0.3) is 0 Å². The number of methoxy groups -OCH3 is 1. The van der Waals surface area contributed by atoms with Crippen LogP contribution in [0, 0.1) is 0 Å². The van der Waals surface area contributed by atoms with E-state index in [9.17, 15) is 13.2 Å². The Hall–Kier alpha value is -3.26. The SMILES string of the molecule is COc1ccc(CSc2[nH]c3ccccc3c2N=Nc2cccc(C(F)(F)F)c2)cc1. The van der Waals surface area contributed by atoms with Crippen LogP contribution in [0.15, 0.2) is 88.1 Å². The van der Waals surface area contributed by atoms with Crippen LogP contribution in [0.4, 0.5) is 24.5 Å². The zero-order valence-electron chi connectivity index (χ0n) is 16.5. The zero-order chi connectivity index (χ0) is 21.8. The maximum Gasteiger partial charge on any atom is 0.416 e. The first-order valence-corrected chi connectivity index (χ1v) is 10.4. The molecule has 0 atom stereocenters. The Morgan fingerprint density at radius 3 is 2.45 bits per heavy atom. The number of fused-ring (bicyclic) bond motifs is 1. The van der Waals surface area contributed by atoms with E-state index in [1.165, 1.54) is 12.1 Å². The topological polar surface area (TPSA) is 49.7 Å². The highest BCUT2D eigenvalue weighted by Crippen LogP contribution is 2.39. The van der Waals surface area contributed by atoms with Crippen LogP contribution in [-0.2, 0) is 11.9 Å². The maximum absolute atomic E-state index is 13.0. The summed E-state index contributed by atoms with van der Waals surface area (Å²) in [6.45, 7) is 0. The number of hydrogen-bond donors (Lipinski definition) is 1. The van der Waals surface area contributed by atoms with Crippen LogP contribution in [0.25, 0.3) is 10.9 Å². The predicted molar refractivity (Wildman–Crippen MR) is 116 cm³/mol. The first-order chi connectivity index (χ1) is 14.9. The molecule has 0 bridgehead atoms. The zero-order valence-corrected chi connectivity index (χ0v) is 17.3. The standard InChI is InChI=1S/C23H18F3N3OS/c1-30-18-11-9-15(10-12-18)14-31-22-21(19-7-2-3-8-20(19)27-22)29-28-17-6-4-5-16(13-17)23(24,25)26/h2-13,27H,14H2,1H3. The molecule has 0 saturated heterocycles. The average Bonchev–Trinajstić information content (AvgIpc) is 3.13. The quantitative estimate of drug-likeness (QED) is 0.244. The van der Waals surface area contributed by atoms with Crippen LogP contribution < -0.4 is 4.74 Å². The van der Waals surface area contributed by atoms with Gasteiger partial charge in [-0.05, 0) is 42.0 Å². The highest BCUT2D eigenvalue weighted by atomic mass is 32.2. The number of para-hydroxylation sites is 1. The first-order valence-electron chi connectivity index (χ1n) is 9.39. The van der Waals surface area contributed by atoms with Crippen LogP contribution >= 0.6 is 11.8 Å². The number of hydrogen-bond acceptors (Lipinski definition) is 4. The van der Waals surface area contributed by atoms with Crippen molar-refractivity contribution in [1.82, 2.24) is 4.98 Å². The number of thioether (sulfide) groups is 1. The Morgan fingerprint density at radius 2 is 1.71 bits per heavy atom. The Kier molecular flexibility index (Phi) is 5.99. The van der Waals surface area contributed by atoms with Crippen LogP contribution in [0.5, 0.6) is 5.75 Å². The Morgan fingerprint density at radius 1 is 0.935 bits per heavy atom. The summed E-state index contributed by atoms with van der Waals surface area (Å²) in [4.78, 5) is 3.33. The molecular weight excluding hydrogens is 423 g/mol. The summed E-state index contributed by atoms with van der Waals surface area (Å²) in [5.41, 5.74) is 1.98. The number of aromatic nitrogens is 1. The van der Waals surface area contributed by atoms with Crippen molar-refractivity contribution in [2.45, 2.75) is 17.0 Å². The van der Waals surface area contributed by atoms with Crippen molar-refractivity contribution in [2.75, 3.05) is 7.11 Å². The molecule has 0 spiro atoms. The smallest absolute Gasteiger partial charge is 0.416 e. The third-order valence-electron chi connectivity index (χ3n) is 4.63. The highest BCUT2D eigenvalue weighted by molar-refractivity contribution is 7.98. The van der Waals surface area contributed by atoms with Crippen LogP contribution in [-0.4, -0.2) is 12.1 Å². The van der Waals surface area contributed by atoms with Crippen LogP contribution in [0.2, 0.25) is 0 Å². The number of azo groups is 1. The van der Waals surface area contributed by atoms with E-state index in [1.54, 1.807) is 18.9 Å². The molecule has 0 saturated carbocycles. The van der Waals surface area contributed by atoms with Gasteiger partial charge >= 0.3 is 6.18 Å². The Labute approximate surface area is 181 Å². The lowest BCUT2D eigenvalue weighted by atomic mass is 10.2. The molecule has 31 heavy (non-hydrogen) atoms.